The Kier molecular flexibility index (Phi) is 4.87. The average molecular weight is 399 g/mol. The minimum absolute atomic E-state index is 0.0185. The molecule has 1 amide bonds. The van der Waals surface area contributed by atoms with Crippen LogP contribution < -0.4 is 5.56 Å². The van der Waals surface area contributed by atoms with Crippen molar-refractivity contribution < 1.29 is 4.79 Å². The van der Waals surface area contributed by atoms with Crippen LogP contribution in [0.3, 0.4) is 0 Å². The molecule has 2 atom stereocenters. The first kappa shape index (κ1) is 18.9. The summed E-state index contributed by atoms with van der Waals surface area (Å²) in [6.07, 6.45) is 6.68. The van der Waals surface area contributed by atoms with Crippen molar-refractivity contribution in [3.63, 3.8) is 0 Å². The molecule has 4 heterocycles. The molecule has 0 radical (unpaired) electrons. The lowest BCUT2D eigenvalue weighted by Gasteiger charge is -2.39. The zero-order valence-electron chi connectivity index (χ0n) is 16.6. The van der Waals surface area contributed by atoms with E-state index in [0.29, 0.717) is 12.1 Å². The minimum atomic E-state index is -0.217. The second kappa shape index (κ2) is 7.20. The Morgan fingerprint density at radius 3 is 2.75 bits per heavy atom. The van der Waals surface area contributed by atoms with Crippen molar-refractivity contribution in [2.75, 3.05) is 0 Å². The molecule has 0 N–H and O–H groups in total. The summed E-state index contributed by atoms with van der Waals surface area (Å²) in [5.41, 5.74) is 1.41. The SMILES string of the molecule is C=CCn1c2cc(C)sc2c2cnn(CC(=O)N3C(C)CCCC3C)c(=O)c21. The second-order valence-corrected chi connectivity index (χ2v) is 9.03. The van der Waals surface area contributed by atoms with Crippen LogP contribution >= 0.6 is 11.3 Å². The summed E-state index contributed by atoms with van der Waals surface area (Å²) >= 11 is 1.66. The number of amides is 1. The average Bonchev–Trinajstić information content (AvgIpc) is 3.14. The number of nitrogens with zero attached hydrogens (tertiary/aromatic N) is 4. The van der Waals surface area contributed by atoms with Crippen LogP contribution in [0, 0.1) is 6.92 Å². The third-order valence-electron chi connectivity index (χ3n) is 5.74. The standard InChI is InChI=1S/C21H26N4O2S/c1-5-9-23-17-10-15(4)28-20(17)16-11-22-24(21(27)19(16)23)12-18(26)25-13(2)7-6-8-14(25)3/h5,10-11,13-14H,1,6-9,12H2,2-4H3. The van der Waals surface area contributed by atoms with Crippen molar-refractivity contribution in [3.05, 3.63) is 40.1 Å². The summed E-state index contributed by atoms with van der Waals surface area (Å²) < 4.78 is 4.36. The van der Waals surface area contributed by atoms with Crippen LogP contribution in [0.15, 0.2) is 29.7 Å². The molecule has 0 bridgehead atoms. The molecule has 3 aromatic rings. The van der Waals surface area contributed by atoms with E-state index in [2.05, 4.69) is 38.5 Å². The van der Waals surface area contributed by atoms with Gasteiger partial charge in [0.25, 0.3) is 5.56 Å². The predicted molar refractivity (Wildman–Crippen MR) is 114 cm³/mol. The van der Waals surface area contributed by atoms with Gasteiger partial charge in [-0.1, -0.05) is 6.08 Å². The Bertz CT molecular complexity index is 1110. The molecule has 0 spiro atoms. The first-order valence-electron chi connectivity index (χ1n) is 9.83. The lowest BCUT2D eigenvalue weighted by Crippen LogP contribution is -2.49. The number of carbonyl (C=O) groups excluding carboxylic acids is 1. The number of likely N-dealkylation sites (tertiary alicyclic amines) is 1. The molecule has 0 aromatic carbocycles. The van der Waals surface area contributed by atoms with E-state index in [1.54, 1.807) is 23.6 Å². The predicted octanol–water partition coefficient (Wildman–Crippen LogP) is 3.70. The van der Waals surface area contributed by atoms with Gasteiger partial charge >= 0.3 is 0 Å². The maximum Gasteiger partial charge on any atom is 0.291 e. The zero-order chi connectivity index (χ0) is 20.0. The number of hydrogen-bond donors (Lipinski definition) is 0. The summed E-state index contributed by atoms with van der Waals surface area (Å²) in [6, 6.07) is 2.50. The van der Waals surface area contributed by atoms with Gasteiger partial charge in [0.05, 0.1) is 16.4 Å². The van der Waals surface area contributed by atoms with Gasteiger partial charge in [0, 0.05) is 28.9 Å². The second-order valence-electron chi connectivity index (χ2n) is 7.77. The number of rotatable bonds is 4. The van der Waals surface area contributed by atoms with E-state index >= 15 is 0 Å². The molecular weight excluding hydrogens is 372 g/mol. The van der Waals surface area contributed by atoms with E-state index in [1.165, 1.54) is 9.56 Å². The molecule has 0 aliphatic carbocycles. The smallest absolute Gasteiger partial charge is 0.291 e. The number of fused-ring (bicyclic) bond motifs is 3. The Hall–Kier alpha value is -2.41. The fraction of sp³-hybridized carbons (Fsp3) is 0.476. The highest BCUT2D eigenvalue weighted by molar-refractivity contribution is 7.20. The van der Waals surface area contributed by atoms with Crippen LogP contribution in [-0.2, 0) is 17.9 Å². The molecule has 28 heavy (non-hydrogen) atoms. The number of piperidine rings is 1. The van der Waals surface area contributed by atoms with Crippen molar-refractivity contribution >= 4 is 38.4 Å². The zero-order valence-corrected chi connectivity index (χ0v) is 17.5. The third kappa shape index (κ3) is 2.98. The van der Waals surface area contributed by atoms with Crippen LogP contribution in [0.1, 0.15) is 38.0 Å². The van der Waals surface area contributed by atoms with Crippen LogP contribution in [0.2, 0.25) is 0 Å². The largest absolute Gasteiger partial charge is 0.336 e. The van der Waals surface area contributed by atoms with E-state index in [4.69, 9.17) is 0 Å². The quantitative estimate of drug-likeness (QED) is 0.630. The summed E-state index contributed by atoms with van der Waals surface area (Å²) in [5, 5.41) is 5.20. The fourth-order valence-corrected chi connectivity index (χ4v) is 5.50. The van der Waals surface area contributed by atoms with Crippen LogP contribution in [0.5, 0.6) is 0 Å². The number of aryl methyl sites for hydroxylation is 1. The van der Waals surface area contributed by atoms with E-state index in [1.807, 2.05) is 9.47 Å². The normalized spacial score (nSPS) is 20.2. The van der Waals surface area contributed by atoms with E-state index < -0.39 is 0 Å². The highest BCUT2D eigenvalue weighted by atomic mass is 32.1. The topological polar surface area (TPSA) is 60.1 Å². The Balaban J connectivity index is 1.77. The Morgan fingerprint density at radius 1 is 1.36 bits per heavy atom. The highest BCUT2D eigenvalue weighted by Crippen LogP contribution is 2.33. The third-order valence-corrected chi connectivity index (χ3v) is 6.81. The number of aromatic nitrogens is 3. The summed E-state index contributed by atoms with van der Waals surface area (Å²) in [6.45, 7) is 10.6. The molecule has 4 rings (SSSR count). The van der Waals surface area contributed by atoms with Crippen LogP contribution in [-0.4, -0.2) is 37.2 Å². The van der Waals surface area contributed by atoms with Crippen molar-refractivity contribution in [3.8, 4) is 0 Å². The number of carbonyl (C=O) groups is 1. The summed E-state index contributed by atoms with van der Waals surface area (Å²) in [5.74, 6) is -0.0341. The molecule has 148 valence electrons. The summed E-state index contributed by atoms with van der Waals surface area (Å²) in [4.78, 5) is 29.3. The van der Waals surface area contributed by atoms with Gasteiger partial charge in [0.2, 0.25) is 5.91 Å². The first-order chi connectivity index (χ1) is 13.4. The molecular formula is C21H26N4O2S. The van der Waals surface area contributed by atoms with Gasteiger partial charge in [-0.15, -0.1) is 17.9 Å². The monoisotopic (exact) mass is 398 g/mol. The van der Waals surface area contributed by atoms with E-state index in [0.717, 1.165) is 34.9 Å². The molecule has 6 nitrogen and oxygen atoms in total. The molecule has 1 aliphatic rings. The van der Waals surface area contributed by atoms with Crippen LogP contribution in [0.4, 0.5) is 0 Å². The van der Waals surface area contributed by atoms with Crippen molar-refractivity contribution in [2.45, 2.75) is 65.2 Å². The molecule has 1 saturated heterocycles. The van der Waals surface area contributed by atoms with Crippen molar-refractivity contribution in [2.24, 2.45) is 0 Å². The van der Waals surface area contributed by atoms with Gasteiger partial charge < -0.3 is 9.47 Å². The van der Waals surface area contributed by atoms with Gasteiger partial charge in [-0.2, -0.15) is 5.10 Å². The van der Waals surface area contributed by atoms with Gasteiger partial charge in [0.15, 0.2) is 0 Å². The first-order valence-corrected chi connectivity index (χ1v) is 10.6. The van der Waals surface area contributed by atoms with Gasteiger partial charge in [-0.05, 0) is 46.1 Å². The number of hydrogen-bond acceptors (Lipinski definition) is 4. The number of thiophene rings is 1. The van der Waals surface area contributed by atoms with E-state index in [9.17, 15) is 9.59 Å². The molecule has 7 heteroatoms. The lowest BCUT2D eigenvalue weighted by molar-refractivity contribution is -0.138. The maximum absolute atomic E-state index is 13.2. The maximum atomic E-state index is 13.2. The molecule has 2 unspecified atom stereocenters. The van der Waals surface area contributed by atoms with E-state index in [-0.39, 0.29) is 30.1 Å². The fourth-order valence-electron chi connectivity index (χ4n) is 4.47. The highest BCUT2D eigenvalue weighted by Gasteiger charge is 2.29. The van der Waals surface area contributed by atoms with Gasteiger partial charge in [0.1, 0.15) is 12.1 Å². The Morgan fingerprint density at radius 2 is 2.07 bits per heavy atom. The number of allylic oxidation sites excluding steroid dienone is 1. The summed E-state index contributed by atoms with van der Waals surface area (Å²) in [7, 11) is 0. The van der Waals surface area contributed by atoms with Crippen LogP contribution in [0.25, 0.3) is 21.1 Å². The lowest BCUT2D eigenvalue weighted by atomic mass is 9.97. The molecule has 0 saturated carbocycles. The van der Waals surface area contributed by atoms with Gasteiger partial charge in [-0.25, -0.2) is 4.68 Å². The Labute approximate surface area is 168 Å². The molecule has 1 aliphatic heterocycles. The molecule has 1 fully saturated rings. The van der Waals surface area contributed by atoms with Gasteiger partial charge in [-0.3, -0.25) is 9.59 Å². The van der Waals surface area contributed by atoms with Crippen molar-refractivity contribution in [1.82, 2.24) is 19.2 Å². The molecule has 3 aromatic heterocycles. The minimum Gasteiger partial charge on any atom is -0.336 e. The van der Waals surface area contributed by atoms with Crippen molar-refractivity contribution in [1.29, 1.82) is 0 Å².